The highest BCUT2D eigenvalue weighted by Gasteiger charge is 2.09. The van der Waals surface area contributed by atoms with Crippen LogP contribution in [-0.4, -0.2) is 31.8 Å². The summed E-state index contributed by atoms with van der Waals surface area (Å²) in [4.78, 5) is 30.0. The fourth-order valence-corrected chi connectivity index (χ4v) is 3.19. The van der Waals surface area contributed by atoms with E-state index in [1.165, 1.54) is 16.9 Å². The van der Waals surface area contributed by atoms with Gasteiger partial charge in [0.05, 0.1) is 11.4 Å². The van der Waals surface area contributed by atoms with Crippen molar-refractivity contribution in [2.24, 2.45) is 0 Å². The van der Waals surface area contributed by atoms with E-state index >= 15 is 0 Å². The number of H-pyrrole nitrogens is 1. The molecule has 24 heavy (non-hydrogen) atoms. The smallest absolute Gasteiger partial charge is 0.270 e. The minimum Gasteiger partial charge on any atom is -0.301 e. The van der Waals surface area contributed by atoms with Crippen molar-refractivity contribution in [2.75, 3.05) is 11.1 Å². The Hall–Kier alpha value is -2.52. The maximum atomic E-state index is 12.0. The van der Waals surface area contributed by atoms with E-state index in [1.54, 1.807) is 0 Å². The number of nitrogens with zero attached hydrogens (tertiary/aromatic N) is 3. The number of thioether (sulfide) groups is 1. The van der Waals surface area contributed by atoms with Crippen LogP contribution in [0.1, 0.15) is 5.56 Å². The molecular formula is C15H13N5O2S2. The molecule has 0 saturated heterocycles. The average molecular weight is 359 g/mol. The summed E-state index contributed by atoms with van der Waals surface area (Å²) in [7, 11) is 0. The third-order valence-electron chi connectivity index (χ3n) is 2.99. The molecule has 7 nitrogen and oxygen atoms in total. The number of carbonyl (C=O) groups is 1. The van der Waals surface area contributed by atoms with Gasteiger partial charge in [-0.2, -0.15) is 5.10 Å². The Balaban J connectivity index is 1.59. The Morgan fingerprint density at radius 3 is 2.88 bits per heavy atom. The zero-order valence-corrected chi connectivity index (χ0v) is 14.3. The summed E-state index contributed by atoms with van der Waals surface area (Å²) in [6.07, 6.45) is 1.08. The molecule has 0 spiro atoms. The van der Waals surface area contributed by atoms with Crippen molar-refractivity contribution in [3.05, 3.63) is 51.8 Å². The van der Waals surface area contributed by atoms with Crippen LogP contribution in [0.4, 0.5) is 5.13 Å². The zero-order chi connectivity index (χ0) is 16.9. The lowest BCUT2D eigenvalue weighted by Crippen LogP contribution is -2.15. The molecule has 0 aliphatic rings. The molecule has 0 aliphatic heterocycles. The van der Waals surface area contributed by atoms with Crippen LogP contribution >= 0.6 is 23.1 Å². The number of hydrogen-bond donors (Lipinski definition) is 2. The summed E-state index contributed by atoms with van der Waals surface area (Å²) in [6, 6.07) is 8.03. The first-order valence-corrected chi connectivity index (χ1v) is 8.84. The third kappa shape index (κ3) is 4.27. The number of thiazole rings is 1. The predicted octanol–water partition coefficient (Wildman–Crippen LogP) is 2.33. The molecule has 0 fully saturated rings. The molecule has 2 heterocycles. The van der Waals surface area contributed by atoms with Crippen molar-refractivity contribution in [3.63, 3.8) is 0 Å². The van der Waals surface area contributed by atoms with Gasteiger partial charge in [-0.05, 0) is 6.92 Å². The highest BCUT2D eigenvalue weighted by Crippen LogP contribution is 2.25. The van der Waals surface area contributed by atoms with Crippen molar-refractivity contribution in [1.82, 2.24) is 20.2 Å². The van der Waals surface area contributed by atoms with Crippen molar-refractivity contribution >= 4 is 34.1 Å². The maximum Gasteiger partial charge on any atom is 0.270 e. The van der Waals surface area contributed by atoms with Gasteiger partial charge < -0.3 is 5.32 Å². The van der Waals surface area contributed by atoms with Crippen LogP contribution < -0.4 is 10.9 Å². The molecule has 0 bridgehead atoms. The second-order valence-electron chi connectivity index (χ2n) is 4.88. The van der Waals surface area contributed by atoms with Gasteiger partial charge in [-0.1, -0.05) is 41.6 Å². The molecule has 0 aliphatic carbocycles. The lowest BCUT2D eigenvalue weighted by molar-refractivity contribution is -0.113. The molecule has 0 atom stereocenters. The molecule has 1 amide bonds. The van der Waals surface area contributed by atoms with Crippen LogP contribution in [0.5, 0.6) is 0 Å². The summed E-state index contributed by atoms with van der Waals surface area (Å²) < 4.78 is 0. The molecule has 3 aromatic rings. The van der Waals surface area contributed by atoms with Gasteiger partial charge in [0, 0.05) is 10.9 Å². The Morgan fingerprint density at radius 1 is 1.33 bits per heavy atom. The monoisotopic (exact) mass is 359 g/mol. The topological polar surface area (TPSA) is 101 Å². The molecule has 1 aromatic carbocycles. The van der Waals surface area contributed by atoms with Crippen LogP contribution in [0.2, 0.25) is 0 Å². The maximum absolute atomic E-state index is 12.0. The third-order valence-corrected chi connectivity index (χ3v) is 4.61. The van der Waals surface area contributed by atoms with Gasteiger partial charge in [-0.15, -0.1) is 16.4 Å². The highest BCUT2D eigenvalue weighted by atomic mass is 32.2. The number of aryl methyl sites for hydroxylation is 1. The minimum absolute atomic E-state index is 0.105. The molecule has 9 heteroatoms. The number of benzene rings is 1. The van der Waals surface area contributed by atoms with E-state index in [4.69, 9.17) is 0 Å². The Labute approximate surface area is 145 Å². The van der Waals surface area contributed by atoms with Crippen LogP contribution in [0.25, 0.3) is 11.3 Å². The average Bonchev–Trinajstić information content (AvgIpc) is 3.02. The highest BCUT2D eigenvalue weighted by molar-refractivity contribution is 7.99. The Kier molecular flexibility index (Phi) is 5.02. The molecule has 2 aromatic heterocycles. The first-order valence-electron chi connectivity index (χ1n) is 6.97. The van der Waals surface area contributed by atoms with Crippen molar-refractivity contribution in [2.45, 2.75) is 12.1 Å². The van der Waals surface area contributed by atoms with E-state index in [-0.39, 0.29) is 17.2 Å². The van der Waals surface area contributed by atoms with E-state index in [0.29, 0.717) is 10.3 Å². The number of aromatic nitrogens is 4. The van der Waals surface area contributed by atoms with E-state index < -0.39 is 0 Å². The fraction of sp³-hybridized carbons (Fsp3) is 0.133. The SMILES string of the molecule is Cc1ccc(-c2csc(NC(=O)CSc3nncc(=O)[nH]3)n2)cc1. The van der Waals surface area contributed by atoms with Crippen LogP contribution in [0.15, 0.2) is 45.8 Å². The van der Waals surface area contributed by atoms with Crippen LogP contribution in [0, 0.1) is 6.92 Å². The number of anilines is 1. The van der Waals surface area contributed by atoms with Crippen molar-refractivity contribution in [1.29, 1.82) is 0 Å². The lowest BCUT2D eigenvalue weighted by atomic mass is 10.1. The number of rotatable bonds is 5. The Morgan fingerprint density at radius 2 is 2.12 bits per heavy atom. The molecule has 2 N–H and O–H groups in total. The first kappa shape index (κ1) is 16.3. The van der Waals surface area contributed by atoms with Crippen molar-refractivity contribution in [3.8, 4) is 11.3 Å². The van der Waals surface area contributed by atoms with Gasteiger partial charge in [0.15, 0.2) is 10.3 Å². The molecule has 0 saturated carbocycles. The van der Waals surface area contributed by atoms with Gasteiger partial charge in [0.2, 0.25) is 5.91 Å². The quantitative estimate of drug-likeness (QED) is 0.678. The largest absolute Gasteiger partial charge is 0.301 e. The lowest BCUT2D eigenvalue weighted by Gasteiger charge is -2.01. The fourth-order valence-electron chi connectivity index (χ4n) is 1.84. The van der Waals surface area contributed by atoms with Gasteiger partial charge in [-0.3, -0.25) is 14.6 Å². The summed E-state index contributed by atoms with van der Waals surface area (Å²) in [5.41, 5.74) is 2.65. The summed E-state index contributed by atoms with van der Waals surface area (Å²) in [6.45, 7) is 2.03. The summed E-state index contributed by atoms with van der Waals surface area (Å²) in [5, 5.41) is 12.7. The number of amides is 1. The number of nitrogens with one attached hydrogen (secondary N) is 2. The second-order valence-corrected chi connectivity index (χ2v) is 6.70. The minimum atomic E-state index is -0.351. The zero-order valence-electron chi connectivity index (χ0n) is 12.6. The molecular weight excluding hydrogens is 346 g/mol. The molecule has 0 unspecified atom stereocenters. The van der Waals surface area contributed by atoms with Gasteiger partial charge in [0.1, 0.15) is 6.20 Å². The van der Waals surface area contributed by atoms with E-state index in [2.05, 4.69) is 25.5 Å². The first-order chi connectivity index (χ1) is 11.6. The number of carbonyl (C=O) groups excluding carboxylic acids is 1. The van der Waals surface area contributed by atoms with Gasteiger partial charge >= 0.3 is 0 Å². The molecule has 3 rings (SSSR count). The molecule has 122 valence electrons. The van der Waals surface area contributed by atoms with Crippen LogP contribution in [0.3, 0.4) is 0 Å². The standard InChI is InChI=1S/C15H13N5O2S2/c1-9-2-4-10(5-3-9)11-7-23-14(17-11)19-13(22)8-24-15-18-12(21)6-16-20-15/h2-7H,8H2,1H3,(H,17,19,22)(H,18,20,21). The summed E-state index contributed by atoms with van der Waals surface area (Å²) >= 11 is 2.47. The van der Waals surface area contributed by atoms with E-state index in [0.717, 1.165) is 29.2 Å². The number of aromatic amines is 1. The summed E-state index contributed by atoms with van der Waals surface area (Å²) in [5.74, 6) is -0.120. The van der Waals surface area contributed by atoms with Gasteiger partial charge in [-0.25, -0.2) is 4.98 Å². The van der Waals surface area contributed by atoms with E-state index in [9.17, 15) is 9.59 Å². The normalized spacial score (nSPS) is 10.5. The number of hydrogen-bond acceptors (Lipinski definition) is 7. The van der Waals surface area contributed by atoms with Gasteiger partial charge in [0.25, 0.3) is 5.56 Å². The second kappa shape index (κ2) is 7.37. The van der Waals surface area contributed by atoms with Crippen LogP contribution in [-0.2, 0) is 4.79 Å². The van der Waals surface area contributed by atoms with Crippen molar-refractivity contribution < 1.29 is 4.79 Å². The Bertz CT molecular complexity index is 904. The predicted molar refractivity (Wildman–Crippen MR) is 94.3 cm³/mol. The van der Waals surface area contributed by atoms with E-state index in [1.807, 2.05) is 36.6 Å². The molecule has 0 radical (unpaired) electrons.